The van der Waals surface area contributed by atoms with E-state index in [2.05, 4.69) is 47.2 Å². The summed E-state index contributed by atoms with van der Waals surface area (Å²) in [4.78, 5) is 23.4. The Kier molecular flexibility index (Phi) is 6.34. The fourth-order valence-corrected chi connectivity index (χ4v) is 5.23. The maximum absolute atomic E-state index is 11.6. The first-order valence-corrected chi connectivity index (χ1v) is 13.0. The van der Waals surface area contributed by atoms with E-state index in [-0.39, 0.29) is 5.95 Å². The number of likely N-dealkylation sites (tertiary alicyclic amines) is 1. The predicted octanol–water partition coefficient (Wildman–Crippen LogP) is 3.60. The lowest BCUT2D eigenvalue weighted by Crippen LogP contribution is -2.28. The average Bonchev–Trinajstić information content (AvgIpc) is 3.72. The number of hydrogen-bond acceptors (Lipinski definition) is 8. The van der Waals surface area contributed by atoms with Gasteiger partial charge in [-0.15, -0.1) is 0 Å². The molecule has 6 rings (SSSR count). The number of nitrogens with one attached hydrogen (secondary N) is 1. The predicted molar refractivity (Wildman–Crippen MR) is 146 cm³/mol. The Morgan fingerprint density at radius 2 is 1.87 bits per heavy atom. The second-order valence-corrected chi connectivity index (χ2v) is 9.81. The molecule has 0 radical (unpaired) electrons. The topological polar surface area (TPSA) is 135 Å². The number of rotatable bonds is 8. The summed E-state index contributed by atoms with van der Waals surface area (Å²) in [6.07, 6.45) is 14.0. The van der Waals surface area contributed by atoms with E-state index in [1.807, 2.05) is 30.2 Å². The molecule has 194 valence electrons. The van der Waals surface area contributed by atoms with Gasteiger partial charge in [-0.25, -0.2) is 15.0 Å². The van der Waals surface area contributed by atoms with Crippen LogP contribution < -0.4 is 5.73 Å². The van der Waals surface area contributed by atoms with Gasteiger partial charge in [-0.2, -0.15) is 5.10 Å². The van der Waals surface area contributed by atoms with E-state index in [1.165, 1.54) is 25.9 Å². The smallest absolute Gasteiger partial charge is 0.220 e. The minimum atomic E-state index is -1.33. The summed E-state index contributed by atoms with van der Waals surface area (Å²) in [5.74, 6) is 0.0937. The first-order chi connectivity index (χ1) is 18.5. The van der Waals surface area contributed by atoms with Crippen LogP contribution in [0.4, 0.5) is 5.95 Å². The number of aromatic amines is 1. The number of fused-ring (bicyclic) bond motifs is 1. The normalized spacial score (nSPS) is 15.7. The molecule has 1 aliphatic heterocycles. The summed E-state index contributed by atoms with van der Waals surface area (Å²) in [5.41, 5.74) is 10.1. The number of nitrogen functional groups attached to an aromatic ring is 1. The summed E-state index contributed by atoms with van der Waals surface area (Å²) >= 11 is 0. The van der Waals surface area contributed by atoms with Gasteiger partial charge in [0.05, 0.1) is 24.1 Å². The molecule has 5 aromatic rings. The minimum absolute atomic E-state index is 0.0937. The van der Waals surface area contributed by atoms with Crippen LogP contribution in [0.2, 0.25) is 0 Å². The lowest BCUT2D eigenvalue weighted by atomic mass is 9.87. The number of hydrogen-bond donors (Lipinski definition) is 3. The second-order valence-electron chi connectivity index (χ2n) is 9.81. The molecule has 10 heteroatoms. The molecule has 4 N–H and O–H groups in total. The van der Waals surface area contributed by atoms with Crippen LogP contribution in [0, 0.1) is 0 Å². The molecule has 0 amide bonds. The number of H-pyrrole nitrogens is 1. The Hall–Kier alpha value is -4.15. The Morgan fingerprint density at radius 3 is 2.66 bits per heavy atom. The van der Waals surface area contributed by atoms with Crippen LogP contribution in [0.5, 0.6) is 0 Å². The van der Waals surface area contributed by atoms with Gasteiger partial charge in [-0.05, 0) is 62.2 Å². The van der Waals surface area contributed by atoms with Crippen LogP contribution in [-0.4, -0.2) is 64.3 Å². The van der Waals surface area contributed by atoms with Crippen molar-refractivity contribution in [1.82, 2.24) is 39.6 Å². The van der Waals surface area contributed by atoms with Gasteiger partial charge in [-0.3, -0.25) is 9.67 Å². The van der Waals surface area contributed by atoms with Gasteiger partial charge in [-0.1, -0.05) is 6.92 Å². The molecule has 0 aliphatic carbocycles. The molecular weight excluding hydrogens is 478 g/mol. The highest BCUT2D eigenvalue weighted by Crippen LogP contribution is 2.35. The van der Waals surface area contributed by atoms with E-state index in [0.717, 1.165) is 40.8 Å². The van der Waals surface area contributed by atoms with Crippen LogP contribution in [0.15, 0.2) is 61.4 Å². The monoisotopic (exact) mass is 509 g/mol. The molecule has 10 nitrogen and oxygen atoms in total. The molecule has 0 spiro atoms. The van der Waals surface area contributed by atoms with Crippen molar-refractivity contribution in [3.8, 4) is 22.4 Å². The lowest BCUT2D eigenvalue weighted by molar-refractivity contribution is 0.0719. The molecule has 1 unspecified atom stereocenters. The SMILES string of the molecule is CCC(O)(c1ccncc1)c1cc(-c2c[nH]c3ncc(-c4cnn(CCN5CCCC5)c4)cc23)nc(N)n1. The molecule has 38 heavy (non-hydrogen) atoms. The summed E-state index contributed by atoms with van der Waals surface area (Å²) in [5, 5.41) is 17.1. The zero-order valence-electron chi connectivity index (χ0n) is 21.4. The average molecular weight is 510 g/mol. The largest absolute Gasteiger partial charge is 0.379 e. The third-order valence-corrected chi connectivity index (χ3v) is 7.45. The van der Waals surface area contributed by atoms with Crippen LogP contribution >= 0.6 is 0 Å². The molecule has 1 saturated heterocycles. The van der Waals surface area contributed by atoms with Gasteiger partial charge < -0.3 is 20.7 Å². The third-order valence-electron chi connectivity index (χ3n) is 7.45. The highest BCUT2D eigenvalue weighted by atomic mass is 16.3. The van der Waals surface area contributed by atoms with Crippen molar-refractivity contribution in [3.63, 3.8) is 0 Å². The highest BCUT2D eigenvalue weighted by Gasteiger charge is 2.32. The molecule has 0 bridgehead atoms. The van der Waals surface area contributed by atoms with Crippen molar-refractivity contribution >= 4 is 17.0 Å². The summed E-state index contributed by atoms with van der Waals surface area (Å²) < 4.78 is 2.00. The molecule has 0 saturated carbocycles. The zero-order chi connectivity index (χ0) is 26.1. The summed E-state index contributed by atoms with van der Waals surface area (Å²) in [7, 11) is 0. The highest BCUT2D eigenvalue weighted by molar-refractivity contribution is 5.95. The Bertz CT molecular complexity index is 1560. The van der Waals surface area contributed by atoms with Crippen molar-refractivity contribution in [1.29, 1.82) is 0 Å². The molecule has 5 aromatic heterocycles. The molecule has 6 heterocycles. The van der Waals surface area contributed by atoms with Gasteiger partial charge >= 0.3 is 0 Å². The number of anilines is 1. The Balaban J connectivity index is 1.33. The van der Waals surface area contributed by atoms with Gasteiger partial charge in [0, 0.05) is 59.6 Å². The van der Waals surface area contributed by atoms with E-state index >= 15 is 0 Å². The maximum Gasteiger partial charge on any atom is 0.220 e. The summed E-state index contributed by atoms with van der Waals surface area (Å²) in [6, 6.07) is 7.46. The summed E-state index contributed by atoms with van der Waals surface area (Å²) in [6.45, 7) is 6.15. The van der Waals surface area contributed by atoms with Crippen LogP contribution in [0.25, 0.3) is 33.4 Å². The lowest BCUT2D eigenvalue weighted by Gasteiger charge is -2.27. The maximum atomic E-state index is 11.6. The number of aromatic nitrogens is 7. The number of nitrogens with zero attached hydrogens (tertiary/aromatic N) is 7. The van der Waals surface area contributed by atoms with E-state index in [9.17, 15) is 5.11 Å². The quantitative estimate of drug-likeness (QED) is 0.289. The third kappa shape index (κ3) is 4.52. The number of pyridine rings is 2. The van der Waals surface area contributed by atoms with Crippen molar-refractivity contribution in [3.05, 3.63) is 72.7 Å². The zero-order valence-corrected chi connectivity index (χ0v) is 21.4. The Morgan fingerprint density at radius 1 is 1.05 bits per heavy atom. The van der Waals surface area contributed by atoms with E-state index < -0.39 is 5.60 Å². The van der Waals surface area contributed by atoms with Gasteiger partial charge in [0.25, 0.3) is 0 Å². The van der Waals surface area contributed by atoms with Crippen molar-refractivity contribution in [2.75, 3.05) is 25.4 Å². The number of nitrogens with two attached hydrogens (primary N) is 1. The molecule has 1 atom stereocenters. The fraction of sp³-hybridized carbons (Fsp3) is 0.321. The van der Waals surface area contributed by atoms with E-state index in [1.54, 1.807) is 30.6 Å². The van der Waals surface area contributed by atoms with Crippen molar-refractivity contribution < 1.29 is 5.11 Å². The fourth-order valence-electron chi connectivity index (χ4n) is 5.23. The van der Waals surface area contributed by atoms with Gasteiger partial charge in [0.2, 0.25) is 5.95 Å². The van der Waals surface area contributed by atoms with Gasteiger partial charge in [0.15, 0.2) is 0 Å². The molecule has 1 aliphatic rings. The standard InChI is InChI=1S/C28H31N9O/c1-2-28(38,21-5-7-30-8-6-21)25-14-24(34-27(29)35-25)23-17-32-26-22(23)13-19(15-31-26)20-16-33-37(18-20)12-11-36-9-3-4-10-36/h5-8,13-18,38H,2-4,9-12H2,1H3,(H,31,32)(H2,29,34,35). The first kappa shape index (κ1) is 24.2. The molecule has 0 aromatic carbocycles. The molecular formula is C28H31N9O. The van der Waals surface area contributed by atoms with E-state index in [0.29, 0.717) is 23.4 Å². The van der Waals surface area contributed by atoms with Crippen molar-refractivity contribution in [2.45, 2.75) is 38.3 Å². The van der Waals surface area contributed by atoms with Gasteiger partial charge in [0.1, 0.15) is 11.2 Å². The van der Waals surface area contributed by atoms with Crippen LogP contribution in [0.1, 0.15) is 37.4 Å². The van der Waals surface area contributed by atoms with Crippen LogP contribution in [-0.2, 0) is 12.1 Å². The van der Waals surface area contributed by atoms with E-state index in [4.69, 9.17) is 5.73 Å². The first-order valence-electron chi connectivity index (χ1n) is 13.0. The molecule has 1 fully saturated rings. The number of aliphatic hydroxyl groups is 1. The second kappa shape index (κ2) is 9.96. The van der Waals surface area contributed by atoms with Crippen molar-refractivity contribution in [2.24, 2.45) is 0 Å². The minimum Gasteiger partial charge on any atom is -0.379 e. The van der Waals surface area contributed by atoms with Crippen LogP contribution in [0.3, 0.4) is 0 Å². The Labute approximate surface area is 220 Å².